The molecule has 0 radical (unpaired) electrons. The van der Waals surface area contributed by atoms with Gasteiger partial charge in [-0.25, -0.2) is 0 Å². The van der Waals surface area contributed by atoms with E-state index in [-0.39, 0.29) is 6.61 Å². The second-order valence-corrected chi connectivity index (χ2v) is 2.92. The van der Waals surface area contributed by atoms with E-state index in [1.54, 1.807) is 7.11 Å². The highest BCUT2D eigenvalue weighted by atomic mass is 16.5. The summed E-state index contributed by atoms with van der Waals surface area (Å²) >= 11 is 0. The zero-order valence-corrected chi connectivity index (χ0v) is 8.95. The smallest absolute Gasteiger partial charge is 0.0700 e. The molecule has 0 aromatic carbocycles. The van der Waals surface area contributed by atoms with Crippen LogP contribution in [0, 0.1) is 0 Å². The van der Waals surface area contributed by atoms with Gasteiger partial charge < -0.3 is 14.6 Å². The number of hydrogen-bond acceptors (Lipinski definition) is 4. The van der Waals surface area contributed by atoms with Crippen LogP contribution in [0.2, 0.25) is 0 Å². The summed E-state index contributed by atoms with van der Waals surface area (Å²) in [4.78, 5) is 2.08. The maximum atomic E-state index is 8.77. The van der Waals surface area contributed by atoms with Crippen molar-refractivity contribution in [2.24, 2.45) is 0 Å². The van der Waals surface area contributed by atoms with E-state index in [4.69, 9.17) is 14.6 Å². The first-order chi connectivity index (χ1) is 6.85. The standard InChI is InChI=1S/C10H21NO3/c1-3-4-11(5-7-12)6-8-14-10-9-13-2/h3,12H,1,4-10H2,2H3. The Bertz CT molecular complexity index is 131. The minimum atomic E-state index is 0.173. The SMILES string of the molecule is C=CCN(CCO)CCOCCOC. The summed E-state index contributed by atoms with van der Waals surface area (Å²) in [6, 6.07) is 0. The van der Waals surface area contributed by atoms with Crippen LogP contribution in [0.4, 0.5) is 0 Å². The van der Waals surface area contributed by atoms with Gasteiger partial charge in [-0.2, -0.15) is 0 Å². The molecule has 0 saturated carbocycles. The number of nitrogens with zero attached hydrogens (tertiary/aromatic N) is 1. The molecule has 1 N–H and O–H groups in total. The molecule has 0 aliphatic rings. The fourth-order valence-corrected chi connectivity index (χ4v) is 1.06. The minimum Gasteiger partial charge on any atom is -0.395 e. The highest BCUT2D eigenvalue weighted by Gasteiger charge is 2.00. The fraction of sp³-hybridized carbons (Fsp3) is 0.800. The van der Waals surface area contributed by atoms with Crippen LogP contribution in [0.15, 0.2) is 12.7 Å². The van der Waals surface area contributed by atoms with Crippen molar-refractivity contribution in [3.05, 3.63) is 12.7 Å². The van der Waals surface area contributed by atoms with Gasteiger partial charge in [0.25, 0.3) is 0 Å². The first-order valence-electron chi connectivity index (χ1n) is 4.86. The fourth-order valence-electron chi connectivity index (χ4n) is 1.06. The average Bonchev–Trinajstić information content (AvgIpc) is 2.18. The van der Waals surface area contributed by atoms with Crippen molar-refractivity contribution in [2.75, 3.05) is 53.2 Å². The van der Waals surface area contributed by atoms with E-state index < -0.39 is 0 Å². The number of rotatable bonds is 10. The number of ether oxygens (including phenoxy) is 2. The molecular weight excluding hydrogens is 182 g/mol. The Labute approximate surface area is 86.1 Å². The van der Waals surface area contributed by atoms with Crippen LogP contribution >= 0.6 is 0 Å². The van der Waals surface area contributed by atoms with Crippen LogP contribution in [0.1, 0.15) is 0 Å². The van der Waals surface area contributed by atoms with Crippen molar-refractivity contribution in [3.63, 3.8) is 0 Å². The Hall–Kier alpha value is -0.420. The third-order valence-electron chi connectivity index (χ3n) is 1.79. The van der Waals surface area contributed by atoms with E-state index in [1.165, 1.54) is 0 Å². The highest BCUT2D eigenvalue weighted by molar-refractivity contribution is 4.72. The molecule has 14 heavy (non-hydrogen) atoms. The molecule has 0 spiro atoms. The molecule has 0 heterocycles. The predicted molar refractivity (Wildman–Crippen MR) is 56.4 cm³/mol. The van der Waals surface area contributed by atoms with Gasteiger partial charge in [-0.05, 0) is 0 Å². The number of hydrogen-bond donors (Lipinski definition) is 1. The predicted octanol–water partition coefficient (Wildman–Crippen LogP) is 0.130. The van der Waals surface area contributed by atoms with Crippen LogP contribution in [0.5, 0.6) is 0 Å². The number of methoxy groups -OCH3 is 1. The van der Waals surface area contributed by atoms with Crippen LogP contribution in [0.3, 0.4) is 0 Å². The molecule has 0 aliphatic heterocycles. The van der Waals surface area contributed by atoms with E-state index in [9.17, 15) is 0 Å². The summed E-state index contributed by atoms with van der Waals surface area (Å²) in [5.41, 5.74) is 0. The molecule has 0 fully saturated rings. The van der Waals surface area contributed by atoms with Gasteiger partial charge in [0.1, 0.15) is 0 Å². The van der Waals surface area contributed by atoms with Crippen LogP contribution in [-0.4, -0.2) is 63.2 Å². The zero-order valence-electron chi connectivity index (χ0n) is 8.95. The molecule has 0 aliphatic carbocycles. The molecular formula is C10H21NO3. The Kier molecular flexibility index (Phi) is 10.3. The first-order valence-corrected chi connectivity index (χ1v) is 4.86. The molecule has 0 aromatic rings. The van der Waals surface area contributed by atoms with Crippen molar-refractivity contribution < 1.29 is 14.6 Å². The molecule has 4 nitrogen and oxygen atoms in total. The number of aliphatic hydroxyl groups excluding tert-OH is 1. The topological polar surface area (TPSA) is 41.9 Å². The zero-order chi connectivity index (χ0) is 10.6. The maximum Gasteiger partial charge on any atom is 0.0700 e. The van der Waals surface area contributed by atoms with E-state index in [0.717, 1.165) is 13.1 Å². The van der Waals surface area contributed by atoms with Gasteiger partial charge in [-0.15, -0.1) is 6.58 Å². The highest BCUT2D eigenvalue weighted by Crippen LogP contribution is 1.88. The van der Waals surface area contributed by atoms with Crippen LogP contribution in [-0.2, 0) is 9.47 Å². The molecule has 0 amide bonds. The van der Waals surface area contributed by atoms with Gasteiger partial charge in [0.2, 0.25) is 0 Å². The second-order valence-electron chi connectivity index (χ2n) is 2.92. The van der Waals surface area contributed by atoms with Crippen molar-refractivity contribution in [2.45, 2.75) is 0 Å². The summed E-state index contributed by atoms with van der Waals surface area (Å²) in [5.74, 6) is 0. The van der Waals surface area contributed by atoms with Crippen LogP contribution < -0.4 is 0 Å². The van der Waals surface area contributed by atoms with Gasteiger partial charge in [-0.1, -0.05) is 6.08 Å². The Balaban J connectivity index is 3.35. The molecule has 4 heteroatoms. The lowest BCUT2D eigenvalue weighted by Crippen LogP contribution is -2.30. The molecule has 0 rings (SSSR count). The number of aliphatic hydroxyl groups is 1. The van der Waals surface area contributed by atoms with Crippen molar-refractivity contribution in [3.8, 4) is 0 Å². The first kappa shape index (κ1) is 13.6. The van der Waals surface area contributed by atoms with Crippen molar-refractivity contribution >= 4 is 0 Å². The monoisotopic (exact) mass is 203 g/mol. The van der Waals surface area contributed by atoms with E-state index in [1.807, 2.05) is 6.08 Å². The third kappa shape index (κ3) is 8.19. The second kappa shape index (κ2) is 10.7. The Morgan fingerprint density at radius 2 is 2.07 bits per heavy atom. The Morgan fingerprint density at radius 3 is 2.64 bits per heavy atom. The average molecular weight is 203 g/mol. The van der Waals surface area contributed by atoms with Crippen LogP contribution in [0.25, 0.3) is 0 Å². The summed E-state index contributed by atoms with van der Waals surface area (Å²) in [6.07, 6.45) is 1.82. The van der Waals surface area contributed by atoms with E-state index >= 15 is 0 Å². The third-order valence-corrected chi connectivity index (χ3v) is 1.79. The van der Waals surface area contributed by atoms with Gasteiger partial charge in [0, 0.05) is 26.7 Å². The van der Waals surface area contributed by atoms with Gasteiger partial charge >= 0.3 is 0 Å². The van der Waals surface area contributed by atoms with E-state index in [0.29, 0.717) is 26.4 Å². The van der Waals surface area contributed by atoms with Gasteiger partial charge in [-0.3, -0.25) is 4.90 Å². The molecule has 0 saturated heterocycles. The van der Waals surface area contributed by atoms with E-state index in [2.05, 4.69) is 11.5 Å². The molecule has 0 bridgehead atoms. The lowest BCUT2D eigenvalue weighted by atomic mass is 10.4. The van der Waals surface area contributed by atoms with Crippen molar-refractivity contribution in [1.82, 2.24) is 4.90 Å². The summed E-state index contributed by atoms with van der Waals surface area (Å²) < 4.78 is 10.2. The summed E-state index contributed by atoms with van der Waals surface area (Å²) in [7, 11) is 1.65. The molecule has 0 atom stereocenters. The lowest BCUT2D eigenvalue weighted by Gasteiger charge is -2.18. The minimum absolute atomic E-state index is 0.173. The summed E-state index contributed by atoms with van der Waals surface area (Å²) in [5, 5.41) is 8.77. The molecule has 0 unspecified atom stereocenters. The Morgan fingerprint density at radius 1 is 1.29 bits per heavy atom. The maximum absolute atomic E-state index is 8.77. The quantitative estimate of drug-likeness (QED) is 0.405. The van der Waals surface area contributed by atoms with Crippen molar-refractivity contribution in [1.29, 1.82) is 0 Å². The lowest BCUT2D eigenvalue weighted by molar-refractivity contribution is 0.0563. The molecule has 0 aromatic heterocycles. The summed E-state index contributed by atoms with van der Waals surface area (Å²) in [6.45, 7) is 8.01. The largest absolute Gasteiger partial charge is 0.395 e. The molecule has 84 valence electrons. The van der Waals surface area contributed by atoms with Gasteiger partial charge in [0.05, 0.1) is 26.4 Å². The normalized spacial score (nSPS) is 10.8. The van der Waals surface area contributed by atoms with Gasteiger partial charge in [0.15, 0.2) is 0 Å².